The van der Waals surface area contributed by atoms with Crippen LogP contribution in [0.3, 0.4) is 0 Å². The second kappa shape index (κ2) is 13.1. The normalized spacial score (nSPS) is 12.5. The molecule has 1 atom stereocenters. The zero-order valence-corrected chi connectivity index (χ0v) is 14.6. The van der Waals surface area contributed by atoms with E-state index < -0.39 is 18.1 Å². The van der Waals surface area contributed by atoms with Gasteiger partial charge in [0.15, 0.2) is 0 Å². The van der Waals surface area contributed by atoms with E-state index in [1.165, 1.54) is 13.0 Å². The number of hydrogen-bond acceptors (Lipinski definition) is 5. The van der Waals surface area contributed by atoms with E-state index in [-0.39, 0.29) is 12.2 Å². The maximum absolute atomic E-state index is 10.9. The van der Waals surface area contributed by atoms with Crippen LogP contribution in [0.5, 0.6) is 0 Å². The molecule has 7 heteroatoms. The second-order valence-electron chi connectivity index (χ2n) is 5.34. The van der Waals surface area contributed by atoms with Crippen molar-refractivity contribution >= 4 is 12.1 Å². The van der Waals surface area contributed by atoms with Crippen molar-refractivity contribution in [2.75, 3.05) is 6.61 Å². The molecule has 0 fully saturated rings. The third kappa shape index (κ3) is 16.5. The van der Waals surface area contributed by atoms with Gasteiger partial charge in [-0.05, 0) is 20.8 Å². The van der Waals surface area contributed by atoms with Gasteiger partial charge < -0.3 is 15.7 Å². The number of rotatable bonds is 7. The van der Waals surface area contributed by atoms with Crippen molar-refractivity contribution in [1.82, 2.24) is 10.6 Å². The molecule has 0 aliphatic heterocycles. The van der Waals surface area contributed by atoms with E-state index in [1.54, 1.807) is 13.8 Å². The highest BCUT2D eigenvalue weighted by Crippen LogP contribution is 1.96. The molecular weight excluding hydrogens is 288 g/mol. The van der Waals surface area contributed by atoms with Gasteiger partial charge in [-0.15, -0.1) is 0 Å². The average molecular weight is 318 g/mol. The summed E-state index contributed by atoms with van der Waals surface area (Å²) in [6.45, 7) is 13.6. The Bertz CT molecular complexity index is 348. The second-order valence-corrected chi connectivity index (χ2v) is 5.34. The molecule has 0 aliphatic carbocycles. The number of aliphatic carboxylic acids is 1. The molecule has 1 amide bonds. The number of carbonyl (C=O) groups excluding carboxylic acids is 1. The summed E-state index contributed by atoms with van der Waals surface area (Å²) < 4.78 is 0. The zero-order chi connectivity index (χ0) is 17.7. The van der Waals surface area contributed by atoms with Crippen molar-refractivity contribution in [2.24, 2.45) is 0 Å². The van der Waals surface area contributed by atoms with E-state index in [4.69, 9.17) is 5.11 Å². The minimum absolute atomic E-state index is 0.152. The molecule has 0 saturated carbocycles. The molecule has 0 aromatic carbocycles. The molecule has 3 N–H and O–H groups in total. The van der Waals surface area contributed by atoms with Crippen molar-refractivity contribution < 1.29 is 24.5 Å². The Morgan fingerprint density at radius 3 is 1.95 bits per heavy atom. The third-order valence-corrected chi connectivity index (χ3v) is 2.10. The molecule has 0 radical (unpaired) electrons. The van der Waals surface area contributed by atoms with E-state index in [2.05, 4.69) is 48.1 Å². The number of carboxylic acids is 1. The first-order valence-electron chi connectivity index (χ1n) is 7.37. The SMILES string of the molecule is CC(C)NC(C)C.CCOOC(=O)NC(C)C=C(C)C(=O)O. The van der Waals surface area contributed by atoms with Gasteiger partial charge in [0.25, 0.3) is 0 Å². The molecule has 7 nitrogen and oxygen atoms in total. The van der Waals surface area contributed by atoms with Crippen LogP contribution < -0.4 is 10.6 Å². The Balaban J connectivity index is 0. The predicted octanol–water partition coefficient (Wildman–Crippen LogP) is 2.48. The number of nitrogens with one attached hydrogen (secondary N) is 2. The minimum Gasteiger partial charge on any atom is -0.478 e. The number of carboxylic acid groups (broad SMARTS) is 1. The Labute approximate surface area is 133 Å². The van der Waals surface area contributed by atoms with Crippen LogP contribution in [0.15, 0.2) is 11.6 Å². The fourth-order valence-corrected chi connectivity index (χ4v) is 1.48. The van der Waals surface area contributed by atoms with Gasteiger partial charge in [0.2, 0.25) is 0 Å². The summed E-state index contributed by atoms with van der Waals surface area (Å²) in [5.41, 5.74) is 0.152. The highest BCUT2D eigenvalue weighted by Gasteiger charge is 2.08. The maximum atomic E-state index is 10.9. The van der Waals surface area contributed by atoms with Crippen LogP contribution in [-0.4, -0.2) is 41.9 Å². The summed E-state index contributed by atoms with van der Waals surface area (Å²) >= 11 is 0. The van der Waals surface area contributed by atoms with Crippen molar-refractivity contribution in [2.45, 2.75) is 66.6 Å². The Kier molecular flexibility index (Phi) is 13.5. The lowest BCUT2D eigenvalue weighted by Gasteiger charge is -2.10. The summed E-state index contributed by atoms with van der Waals surface area (Å²) in [4.78, 5) is 30.1. The van der Waals surface area contributed by atoms with Crippen LogP contribution >= 0.6 is 0 Å². The Hall–Kier alpha value is -1.60. The first kappa shape index (κ1) is 22.7. The molecule has 0 heterocycles. The molecule has 130 valence electrons. The maximum Gasteiger partial charge on any atom is 0.439 e. The molecular formula is C15H30N2O5. The fraction of sp³-hybridized carbons (Fsp3) is 0.733. The molecule has 22 heavy (non-hydrogen) atoms. The van der Waals surface area contributed by atoms with Crippen LogP contribution in [-0.2, 0) is 14.6 Å². The van der Waals surface area contributed by atoms with Crippen LogP contribution in [0.1, 0.15) is 48.5 Å². The first-order valence-corrected chi connectivity index (χ1v) is 7.37. The monoisotopic (exact) mass is 318 g/mol. The standard InChI is InChI=1S/C9H15NO5.C6H15N/c1-4-14-15-9(13)10-7(3)5-6(2)8(11)12;1-5(2)7-6(3)4/h5,7H,4H2,1-3H3,(H,10,13)(H,11,12);5-7H,1-4H3. The van der Waals surface area contributed by atoms with Crippen molar-refractivity contribution in [1.29, 1.82) is 0 Å². The molecule has 0 aromatic heterocycles. The molecule has 0 rings (SSSR count). The first-order chi connectivity index (χ1) is 10.1. The van der Waals surface area contributed by atoms with E-state index in [0.717, 1.165) is 0 Å². The Morgan fingerprint density at radius 1 is 1.14 bits per heavy atom. The number of carbonyl (C=O) groups is 2. The highest BCUT2D eigenvalue weighted by atomic mass is 17.2. The van der Waals surface area contributed by atoms with Gasteiger partial charge in [-0.3, -0.25) is 4.89 Å². The van der Waals surface area contributed by atoms with Crippen LogP contribution in [0, 0.1) is 0 Å². The summed E-state index contributed by atoms with van der Waals surface area (Å²) in [5.74, 6) is -1.03. The third-order valence-electron chi connectivity index (χ3n) is 2.10. The number of hydrogen-bond donors (Lipinski definition) is 3. The summed E-state index contributed by atoms with van der Waals surface area (Å²) in [6, 6.07) is 0.814. The predicted molar refractivity (Wildman–Crippen MR) is 85.5 cm³/mol. The van der Waals surface area contributed by atoms with Crippen molar-refractivity contribution in [3.05, 3.63) is 11.6 Å². The van der Waals surface area contributed by atoms with Crippen LogP contribution in [0.25, 0.3) is 0 Å². The minimum atomic E-state index is -1.03. The zero-order valence-electron chi connectivity index (χ0n) is 14.6. The van der Waals surface area contributed by atoms with Crippen LogP contribution in [0.4, 0.5) is 4.79 Å². The summed E-state index contributed by atoms with van der Waals surface area (Å²) in [5, 5.41) is 14.2. The lowest BCUT2D eigenvalue weighted by molar-refractivity contribution is -0.234. The lowest BCUT2D eigenvalue weighted by Crippen LogP contribution is -2.32. The van der Waals surface area contributed by atoms with Gasteiger partial charge in [-0.2, -0.15) is 4.89 Å². The van der Waals surface area contributed by atoms with E-state index in [0.29, 0.717) is 12.1 Å². The summed E-state index contributed by atoms with van der Waals surface area (Å²) in [7, 11) is 0. The van der Waals surface area contributed by atoms with Gasteiger partial charge in [0, 0.05) is 23.7 Å². The average Bonchev–Trinajstić information content (AvgIpc) is 2.34. The quantitative estimate of drug-likeness (QED) is 0.379. The largest absolute Gasteiger partial charge is 0.478 e. The molecule has 0 aliphatic rings. The van der Waals surface area contributed by atoms with Gasteiger partial charge in [-0.25, -0.2) is 9.59 Å². The number of amides is 1. The molecule has 0 aromatic rings. The van der Waals surface area contributed by atoms with E-state index >= 15 is 0 Å². The van der Waals surface area contributed by atoms with Gasteiger partial charge in [0.05, 0.1) is 6.61 Å². The topological polar surface area (TPSA) is 96.9 Å². The summed E-state index contributed by atoms with van der Waals surface area (Å²) in [6.07, 6.45) is 0.647. The van der Waals surface area contributed by atoms with Crippen molar-refractivity contribution in [3.63, 3.8) is 0 Å². The van der Waals surface area contributed by atoms with Gasteiger partial charge in [0.1, 0.15) is 0 Å². The molecule has 0 bridgehead atoms. The molecule has 0 spiro atoms. The smallest absolute Gasteiger partial charge is 0.439 e. The highest BCUT2D eigenvalue weighted by molar-refractivity contribution is 5.86. The van der Waals surface area contributed by atoms with Gasteiger partial charge in [-0.1, -0.05) is 33.8 Å². The fourth-order valence-electron chi connectivity index (χ4n) is 1.48. The molecule has 0 saturated heterocycles. The van der Waals surface area contributed by atoms with Crippen LogP contribution in [0.2, 0.25) is 0 Å². The molecule has 1 unspecified atom stereocenters. The van der Waals surface area contributed by atoms with Gasteiger partial charge >= 0.3 is 12.1 Å². The van der Waals surface area contributed by atoms with Crippen molar-refractivity contribution in [3.8, 4) is 0 Å². The lowest BCUT2D eigenvalue weighted by atomic mass is 10.2. The van der Waals surface area contributed by atoms with E-state index in [9.17, 15) is 9.59 Å². The Morgan fingerprint density at radius 2 is 1.64 bits per heavy atom. The van der Waals surface area contributed by atoms with E-state index in [1.807, 2.05) is 0 Å².